The zero-order chi connectivity index (χ0) is 25.8. The lowest BCUT2D eigenvalue weighted by atomic mass is 9.83. The second-order valence-corrected chi connectivity index (χ2v) is 11.5. The molecule has 1 saturated heterocycles. The Hall–Kier alpha value is -2.37. The molecule has 2 fully saturated rings. The van der Waals surface area contributed by atoms with Gasteiger partial charge in [-0.3, -0.25) is 9.69 Å². The van der Waals surface area contributed by atoms with Gasteiger partial charge in [-0.1, -0.05) is 38.2 Å². The Morgan fingerprint density at radius 3 is 2.40 bits per heavy atom. The number of carbonyl (C=O) groups excluding carboxylic acids is 1. The van der Waals surface area contributed by atoms with Crippen LogP contribution >= 0.6 is 0 Å². The zero-order valence-electron chi connectivity index (χ0n) is 20.8. The number of carboxylic acid groups (broad SMARTS) is 1. The van der Waals surface area contributed by atoms with Crippen LogP contribution in [-0.2, 0) is 26.1 Å². The average molecular weight is 513 g/mol. The molecule has 0 spiro atoms. The van der Waals surface area contributed by atoms with Crippen LogP contribution in [0.3, 0.4) is 0 Å². The number of nitrogens with one attached hydrogen (secondary N) is 1. The highest BCUT2D eigenvalue weighted by molar-refractivity contribution is 7.90. The molecule has 35 heavy (non-hydrogen) atoms. The molecule has 10 nitrogen and oxygen atoms in total. The first-order chi connectivity index (χ1) is 16.5. The van der Waals surface area contributed by atoms with Crippen LogP contribution in [0.2, 0.25) is 0 Å². The topological polar surface area (TPSA) is 131 Å². The van der Waals surface area contributed by atoms with Gasteiger partial charge in [0.05, 0.1) is 20.3 Å². The quantitative estimate of drug-likeness (QED) is 0.489. The fourth-order valence-electron chi connectivity index (χ4n) is 5.13. The summed E-state index contributed by atoms with van der Waals surface area (Å²) in [6, 6.07) is 4.29. The minimum atomic E-state index is -4.00. The van der Waals surface area contributed by atoms with Gasteiger partial charge in [0.15, 0.2) is 17.3 Å². The van der Waals surface area contributed by atoms with Crippen molar-refractivity contribution in [3.05, 3.63) is 23.8 Å². The molecule has 2 N–H and O–H groups in total. The number of rotatable bonds is 10. The summed E-state index contributed by atoms with van der Waals surface area (Å²) < 4.78 is 44.2. The number of carbonyl (C=O) groups is 2. The van der Waals surface area contributed by atoms with Gasteiger partial charge in [0.1, 0.15) is 17.6 Å². The van der Waals surface area contributed by atoms with E-state index in [2.05, 4.69) is 4.72 Å². The van der Waals surface area contributed by atoms with Gasteiger partial charge in [-0.25, -0.2) is 17.9 Å². The fraction of sp³-hybridized carbons (Fsp3) is 0.667. The summed E-state index contributed by atoms with van der Waals surface area (Å²) in [5.41, 5.74) is -0.605. The summed E-state index contributed by atoms with van der Waals surface area (Å²) in [6.07, 6.45) is 3.39. The molecule has 1 heterocycles. The third kappa shape index (κ3) is 6.65. The van der Waals surface area contributed by atoms with Crippen LogP contribution < -0.4 is 14.2 Å². The smallest absolute Gasteiger partial charge is 0.409 e. The maximum absolute atomic E-state index is 13.2. The summed E-state index contributed by atoms with van der Waals surface area (Å²) in [5.74, 6) is -0.190. The van der Waals surface area contributed by atoms with E-state index in [0.717, 1.165) is 32.1 Å². The fourth-order valence-corrected chi connectivity index (χ4v) is 6.16. The van der Waals surface area contributed by atoms with E-state index >= 15 is 0 Å². The van der Waals surface area contributed by atoms with Crippen molar-refractivity contribution in [1.29, 1.82) is 0 Å². The molecule has 1 aliphatic carbocycles. The number of sulfonamides is 1. The second-order valence-electron chi connectivity index (χ2n) is 9.68. The van der Waals surface area contributed by atoms with Gasteiger partial charge in [0.25, 0.3) is 0 Å². The Morgan fingerprint density at radius 2 is 1.80 bits per heavy atom. The molecule has 2 atom stereocenters. The Kier molecular flexibility index (Phi) is 8.66. The van der Waals surface area contributed by atoms with Crippen molar-refractivity contribution in [3.8, 4) is 11.5 Å². The summed E-state index contributed by atoms with van der Waals surface area (Å²) in [5, 5.41) is 9.86. The molecule has 1 aliphatic heterocycles. The summed E-state index contributed by atoms with van der Waals surface area (Å²) >= 11 is 0. The lowest BCUT2D eigenvalue weighted by Gasteiger charge is -2.33. The Bertz CT molecular complexity index is 1020. The molecule has 0 unspecified atom stereocenters. The number of Topliss-reactive ketones (excluding diaryl/α,β-unsaturated/α-hetero) is 1. The van der Waals surface area contributed by atoms with Gasteiger partial charge in [0.2, 0.25) is 10.0 Å². The molecule has 3 rings (SSSR count). The van der Waals surface area contributed by atoms with Crippen LogP contribution in [0.15, 0.2) is 18.2 Å². The molecule has 0 radical (unpaired) electrons. The average Bonchev–Trinajstić information content (AvgIpc) is 3.08. The first-order valence-corrected chi connectivity index (χ1v) is 13.5. The number of methoxy groups -OCH3 is 2. The summed E-state index contributed by atoms with van der Waals surface area (Å²) in [7, 11) is -1.01. The first-order valence-electron chi connectivity index (χ1n) is 11.9. The molecule has 1 amide bonds. The van der Waals surface area contributed by atoms with Crippen LogP contribution in [0.5, 0.6) is 11.5 Å². The molecule has 11 heteroatoms. The molecule has 196 valence electrons. The number of hydrogen-bond acceptors (Lipinski definition) is 7. The first kappa shape index (κ1) is 27.2. The Labute approximate surface area is 207 Å². The van der Waals surface area contributed by atoms with Crippen LogP contribution in [-0.4, -0.2) is 68.1 Å². The molecule has 0 bridgehead atoms. The maximum atomic E-state index is 13.2. The van der Waals surface area contributed by atoms with Crippen LogP contribution in [0.25, 0.3) is 0 Å². The zero-order valence-corrected chi connectivity index (χ0v) is 21.6. The van der Waals surface area contributed by atoms with Crippen LogP contribution in [0.1, 0.15) is 57.9 Å². The van der Waals surface area contributed by atoms with E-state index in [1.54, 1.807) is 32.0 Å². The number of amides is 1. The molecular formula is C24H36N2O8S. The Balaban J connectivity index is 1.71. The maximum Gasteiger partial charge on any atom is 0.409 e. The van der Waals surface area contributed by atoms with Gasteiger partial charge in [-0.2, -0.15) is 0 Å². The van der Waals surface area contributed by atoms with E-state index in [1.165, 1.54) is 19.1 Å². The number of hydrogen-bond donors (Lipinski definition) is 2. The largest absolute Gasteiger partial charge is 0.493 e. The normalized spacial score (nSPS) is 22.7. The minimum absolute atomic E-state index is 0.0419. The highest BCUT2D eigenvalue weighted by Crippen LogP contribution is 2.39. The molecule has 2 aliphatic rings. The SMILES string of the molecule is COc1ccc(CNS(=O)(=O)CC(=O)[C@@H]2OC(C)(C)N(C(=O)O)[C@H]2CC2CCCCC2)cc1OC. The molecular weight excluding hydrogens is 476 g/mol. The lowest BCUT2D eigenvalue weighted by molar-refractivity contribution is -0.133. The third-order valence-electron chi connectivity index (χ3n) is 6.78. The van der Waals surface area contributed by atoms with Crippen molar-refractivity contribution in [3.63, 3.8) is 0 Å². The number of ketones is 1. The highest BCUT2D eigenvalue weighted by atomic mass is 32.2. The van der Waals surface area contributed by atoms with E-state index in [1.807, 2.05) is 0 Å². The van der Waals surface area contributed by atoms with Gasteiger partial charge in [-0.15, -0.1) is 0 Å². The summed E-state index contributed by atoms with van der Waals surface area (Å²) in [6.45, 7) is 3.14. The number of ether oxygens (including phenoxy) is 3. The second kappa shape index (κ2) is 11.1. The molecule has 0 aromatic heterocycles. The van der Waals surface area contributed by atoms with Crippen molar-refractivity contribution in [2.45, 2.75) is 76.8 Å². The van der Waals surface area contributed by atoms with Crippen molar-refractivity contribution in [2.24, 2.45) is 5.92 Å². The monoisotopic (exact) mass is 512 g/mol. The van der Waals surface area contributed by atoms with E-state index in [0.29, 0.717) is 23.5 Å². The molecule has 1 saturated carbocycles. The van der Waals surface area contributed by atoms with E-state index in [4.69, 9.17) is 14.2 Å². The summed E-state index contributed by atoms with van der Waals surface area (Å²) in [4.78, 5) is 26.4. The van der Waals surface area contributed by atoms with Crippen molar-refractivity contribution < 1.29 is 37.3 Å². The molecule has 1 aromatic rings. The van der Waals surface area contributed by atoms with Gasteiger partial charge >= 0.3 is 6.09 Å². The predicted molar refractivity (Wildman–Crippen MR) is 129 cm³/mol. The van der Waals surface area contributed by atoms with Gasteiger partial charge in [0, 0.05) is 6.54 Å². The van der Waals surface area contributed by atoms with Crippen molar-refractivity contribution in [2.75, 3.05) is 20.0 Å². The number of benzene rings is 1. The van der Waals surface area contributed by atoms with Gasteiger partial charge in [-0.05, 0) is 43.9 Å². The predicted octanol–water partition coefficient (Wildman–Crippen LogP) is 3.15. The van der Waals surface area contributed by atoms with Crippen molar-refractivity contribution in [1.82, 2.24) is 9.62 Å². The van der Waals surface area contributed by atoms with Gasteiger partial charge < -0.3 is 19.3 Å². The lowest BCUT2D eigenvalue weighted by Crippen LogP contribution is -2.49. The standard InChI is InChI=1S/C24H36N2O8S/c1-24(2)26(23(28)29)18(12-16-8-6-5-7-9-16)22(34-24)19(27)15-35(30,31)25-14-17-10-11-20(32-3)21(13-17)33-4/h10-11,13,16,18,22,25H,5-9,12,14-15H2,1-4H3,(H,28,29)/t18-,22+/m0/s1. The number of nitrogens with zero attached hydrogens (tertiary/aromatic N) is 1. The van der Waals surface area contributed by atoms with Crippen LogP contribution in [0, 0.1) is 5.92 Å². The van der Waals surface area contributed by atoms with E-state index in [9.17, 15) is 23.1 Å². The third-order valence-corrected chi connectivity index (χ3v) is 8.02. The van der Waals surface area contributed by atoms with Crippen molar-refractivity contribution >= 4 is 21.9 Å². The van der Waals surface area contributed by atoms with E-state index in [-0.39, 0.29) is 12.5 Å². The van der Waals surface area contributed by atoms with E-state index < -0.39 is 45.5 Å². The van der Waals surface area contributed by atoms with Crippen LogP contribution in [0.4, 0.5) is 4.79 Å². The Morgan fingerprint density at radius 1 is 1.14 bits per heavy atom. The minimum Gasteiger partial charge on any atom is -0.493 e. The molecule has 1 aromatic carbocycles. The highest BCUT2D eigenvalue weighted by Gasteiger charge is 2.53.